The fourth-order valence-corrected chi connectivity index (χ4v) is 3.08. The molecular weight excluding hydrogens is 354 g/mol. The zero-order valence-electron chi connectivity index (χ0n) is 13.8. The highest BCUT2D eigenvalue weighted by atomic mass is 35.5. The van der Waals surface area contributed by atoms with Gasteiger partial charge in [0, 0.05) is 17.6 Å². The standard InChI is InChI=1S/C19H18ClN3OS/c1-25-16-7-8-18(20)17(11-16)19(24)21-10-9-14-12-22-23(13-14)15-5-3-2-4-6-15/h2-8,11-13H,9-10H2,1H3,(H,21,24). The van der Waals surface area contributed by atoms with Gasteiger partial charge in [-0.2, -0.15) is 5.10 Å². The van der Waals surface area contributed by atoms with Crippen molar-refractivity contribution in [3.05, 3.63) is 77.1 Å². The number of hydrogen-bond acceptors (Lipinski definition) is 3. The lowest BCUT2D eigenvalue weighted by Crippen LogP contribution is -2.25. The molecule has 0 saturated carbocycles. The van der Waals surface area contributed by atoms with E-state index in [9.17, 15) is 4.79 Å². The van der Waals surface area contributed by atoms with Crippen LogP contribution in [0.3, 0.4) is 0 Å². The number of carbonyl (C=O) groups is 1. The second-order valence-corrected chi connectivity index (χ2v) is 6.77. The van der Waals surface area contributed by atoms with Crippen LogP contribution in [0.15, 0.2) is 65.8 Å². The van der Waals surface area contributed by atoms with Crippen molar-refractivity contribution in [2.24, 2.45) is 0 Å². The van der Waals surface area contributed by atoms with Gasteiger partial charge in [0.2, 0.25) is 0 Å². The number of halogens is 1. The maximum atomic E-state index is 12.3. The normalized spacial score (nSPS) is 10.6. The monoisotopic (exact) mass is 371 g/mol. The van der Waals surface area contributed by atoms with Gasteiger partial charge >= 0.3 is 0 Å². The fraction of sp³-hybridized carbons (Fsp3) is 0.158. The molecule has 0 unspecified atom stereocenters. The molecule has 3 aromatic rings. The first-order valence-corrected chi connectivity index (χ1v) is 9.48. The van der Waals surface area contributed by atoms with E-state index in [0.29, 0.717) is 23.6 Å². The molecule has 0 aliphatic heterocycles. The fourth-order valence-electron chi connectivity index (χ4n) is 2.43. The molecule has 1 amide bonds. The minimum absolute atomic E-state index is 0.156. The van der Waals surface area contributed by atoms with E-state index < -0.39 is 0 Å². The lowest BCUT2D eigenvalue weighted by Gasteiger charge is -2.07. The summed E-state index contributed by atoms with van der Waals surface area (Å²) in [5.74, 6) is -0.156. The maximum Gasteiger partial charge on any atom is 0.252 e. The molecule has 0 fully saturated rings. The summed E-state index contributed by atoms with van der Waals surface area (Å²) in [6.07, 6.45) is 6.47. The molecule has 2 aromatic carbocycles. The average Bonchev–Trinajstić information content (AvgIpc) is 3.11. The smallest absolute Gasteiger partial charge is 0.252 e. The molecule has 0 aliphatic rings. The predicted molar refractivity (Wildman–Crippen MR) is 103 cm³/mol. The van der Waals surface area contributed by atoms with Crippen molar-refractivity contribution in [1.29, 1.82) is 0 Å². The number of benzene rings is 2. The molecule has 0 saturated heterocycles. The minimum atomic E-state index is -0.156. The zero-order valence-corrected chi connectivity index (χ0v) is 15.3. The summed E-state index contributed by atoms with van der Waals surface area (Å²) >= 11 is 7.71. The van der Waals surface area contributed by atoms with Gasteiger partial charge in [0.25, 0.3) is 5.91 Å². The zero-order chi connectivity index (χ0) is 17.6. The minimum Gasteiger partial charge on any atom is -0.352 e. The molecular formula is C19H18ClN3OS. The maximum absolute atomic E-state index is 12.3. The third-order valence-corrected chi connectivity index (χ3v) is 4.83. The average molecular weight is 372 g/mol. The summed E-state index contributed by atoms with van der Waals surface area (Å²) in [5, 5.41) is 7.74. The van der Waals surface area contributed by atoms with E-state index in [-0.39, 0.29) is 5.91 Å². The summed E-state index contributed by atoms with van der Waals surface area (Å²) in [6, 6.07) is 15.4. The summed E-state index contributed by atoms with van der Waals surface area (Å²) in [4.78, 5) is 13.3. The number of amides is 1. The Labute approximate surface area is 156 Å². The van der Waals surface area contributed by atoms with Crippen molar-refractivity contribution in [2.45, 2.75) is 11.3 Å². The predicted octanol–water partition coefficient (Wildman–Crippen LogP) is 4.22. The van der Waals surface area contributed by atoms with Gasteiger partial charge in [-0.15, -0.1) is 11.8 Å². The van der Waals surface area contributed by atoms with Crippen LogP contribution in [0.2, 0.25) is 5.02 Å². The largest absolute Gasteiger partial charge is 0.352 e. The third-order valence-electron chi connectivity index (χ3n) is 3.77. The van der Waals surface area contributed by atoms with Crippen LogP contribution in [-0.2, 0) is 6.42 Å². The SMILES string of the molecule is CSc1ccc(Cl)c(C(=O)NCCc2cnn(-c3ccccc3)c2)c1. The molecule has 1 heterocycles. The van der Waals surface area contributed by atoms with E-state index >= 15 is 0 Å². The quantitative estimate of drug-likeness (QED) is 0.660. The Morgan fingerprint density at radius 3 is 2.80 bits per heavy atom. The molecule has 3 rings (SSSR count). The van der Waals surface area contributed by atoms with Crippen molar-refractivity contribution in [2.75, 3.05) is 12.8 Å². The molecule has 0 spiro atoms. The van der Waals surface area contributed by atoms with E-state index in [1.807, 2.05) is 65.8 Å². The van der Waals surface area contributed by atoms with Gasteiger partial charge in [0.15, 0.2) is 0 Å². The van der Waals surface area contributed by atoms with Gasteiger partial charge in [-0.1, -0.05) is 29.8 Å². The molecule has 6 heteroatoms. The van der Waals surface area contributed by atoms with E-state index in [1.165, 1.54) is 0 Å². The summed E-state index contributed by atoms with van der Waals surface area (Å²) < 4.78 is 1.83. The third kappa shape index (κ3) is 4.44. The first-order valence-electron chi connectivity index (χ1n) is 7.88. The van der Waals surface area contributed by atoms with E-state index in [1.54, 1.807) is 17.8 Å². The Morgan fingerprint density at radius 2 is 2.04 bits per heavy atom. The Morgan fingerprint density at radius 1 is 1.24 bits per heavy atom. The Hall–Kier alpha value is -2.24. The number of rotatable bonds is 6. The first-order chi connectivity index (χ1) is 12.2. The number of para-hydroxylation sites is 1. The highest BCUT2D eigenvalue weighted by Gasteiger charge is 2.11. The van der Waals surface area contributed by atoms with Crippen molar-refractivity contribution in [3.63, 3.8) is 0 Å². The van der Waals surface area contributed by atoms with Crippen molar-refractivity contribution in [1.82, 2.24) is 15.1 Å². The van der Waals surface area contributed by atoms with Crippen LogP contribution >= 0.6 is 23.4 Å². The van der Waals surface area contributed by atoms with Crippen LogP contribution in [0.5, 0.6) is 0 Å². The molecule has 1 N–H and O–H groups in total. The molecule has 0 aliphatic carbocycles. The molecule has 0 atom stereocenters. The summed E-state index contributed by atoms with van der Waals surface area (Å²) in [5.41, 5.74) is 2.58. The van der Waals surface area contributed by atoms with E-state index in [0.717, 1.165) is 16.1 Å². The summed E-state index contributed by atoms with van der Waals surface area (Å²) in [6.45, 7) is 0.527. The number of aromatic nitrogens is 2. The van der Waals surface area contributed by atoms with Crippen LogP contribution in [0, 0.1) is 0 Å². The molecule has 25 heavy (non-hydrogen) atoms. The molecule has 1 aromatic heterocycles. The lowest BCUT2D eigenvalue weighted by atomic mass is 10.2. The number of carbonyl (C=O) groups excluding carboxylic acids is 1. The molecule has 4 nitrogen and oxygen atoms in total. The first kappa shape index (κ1) is 17.6. The molecule has 0 bridgehead atoms. The van der Waals surface area contributed by atoms with Gasteiger partial charge in [-0.05, 0) is 48.6 Å². The van der Waals surface area contributed by atoms with Gasteiger partial charge in [-0.25, -0.2) is 4.68 Å². The van der Waals surface area contributed by atoms with Gasteiger partial charge in [-0.3, -0.25) is 4.79 Å². The van der Waals surface area contributed by atoms with Gasteiger partial charge in [0.1, 0.15) is 0 Å². The lowest BCUT2D eigenvalue weighted by molar-refractivity contribution is 0.0954. The molecule has 128 valence electrons. The van der Waals surface area contributed by atoms with Crippen LogP contribution in [0.1, 0.15) is 15.9 Å². The van der Waals surface area contributed by atoms with Crippen LogP contribution < -0.4 is 5.32 Å². The Kier molecular flexibility index (Phi) is 5.79. The van der Waals surface area contributed by atoms with Crippen molar-refractivity contribution < 1.29 is 4.79 Å². The highest BCUT2D eigenvalue weighted by Crippen LogP contribution is 2.22. The number of nitrogens with one attached hydrogen (secondary N) is 1. The Bertz CT molecular complexity index is 864. The number of thioether (sulfide) groups is 1. The molecule has 0 radical (unpaired) electrons. The van der Waals surface area contributed by atoms with Crippen molar-refractivity contribution in [3.8, 4) is 5.69 Å². The van der Waals surface area contributed by atoms with Crippen LogP contribution in [-0.4, -0.2) is 28.5 Å². The number of hydrogen-bond donors (Lipinski definition) is 1. The van der Waals surface area contributed by atoms with Crippen LogP contribution in [0.4, 0.5) is 0 Å². The van der Waals surface area contributed by atoms with Gasteiger partial charge < -0.3 is 5.32 Å². The second-order valence-electron chi connectivity index (χ2n) is 5.48. The van der Waals surface area contributed by atoms with Gasteiger partial charge in [0.05, 0.1) is 22.5 Å². The second kappa shape index (κ2) is 8.23. The summed E-state index contributed by atoms with van der Waals surface area (Å²) in [7, 11) is 0. The van der Waals surface area contributed by atoms with Crippen molar-refractivity contribution >= 4 is 29.3 Å². The topological polar surface area (TPSA) is 46.9 Å². The number of nitrogens with zero attached hydrogens (tertiary/aromatic N) is 2. The van der Waals surface area contributed by atoms with E-state index in [4.69, 9.17) is 11.6 Å². The van der Waals surface area contributed by atoms with Crippen LogP contribution in [0.25, 0.3) is 5.69 Å². The van der Waals surface area contributed by atoms with E-state index in [2.05, 4.69) is 10.4 Å². The Balaban J connectivity index is 1.58. The highest BCUT2D eigenvalue weighted by molar-refractivity contribution is 7.98.